The van der Waals surface area contributed by atoms with Crippen molar-refractivity contribution in [1.82, 2.24) is 15.3 Å². The SMILES string of the molecule is CCCC(Cc1ncnc2ccccc12)NC. The fourth-order valence-electron chi connectivity index (χ4n) is 2.15. The summed E-state index contributed by atoms with van der Waals surface area (Å²) < 4.78 is 0. The lowest BCUT2D eigenvalue weighted by Crippen LogP contribution is -2.27. The summed E-state index contributed by atoms with van der Waals surface area (Å²) in [5, 5.41) is 4.53. The van der Waals surface area contributed by atoms with Gasteiger partial charge in [0.2, 0.25) is 0 Å². The van der Waals surface area contributed by atoms with Crippen molar-refractivity contribution in [2.75, 3.05) is 7.05 Å². The Morgan fingerprint density at radius 2 is 2.06 bits per heavy atom. The van der Waals surface area contributed by atoms with Gasteiger partial charge in [-0.2, -0.15) is 0 Å². The van der Waals surface area contributed by atoms with E-state index in [0.717, 1.165) is 17.6 Å². The molecule has 0 bridgehead atoms. The molecule has 3 heteroatoms. The molecule has 1 aromatic heterocycles. The zero-order valence-electron chi connectivity index (χ0n) is 10.5. The van der Waals surface area contributed by atoms with Gasteiger partial charge in [0.25, 0.3) is 0 Å². The molecule has 0 saturated heterocycles. The van der Waals surface area contributed by atoms with Gasteiger partial charge in [-0.3, -0.25) is 0 Å². The Bertz CT molecular complexity index is 476. The van der Waals surface area contributed by atoms with Crippen LogP contribution in [-0.4, -0.2) is 23.1 Å². The lowest BCUT2D eigenvalue weighted by Gasteiger charge is -2.15. The molecule has 0 aliphatic carbocycles. The first-order valence-electron chi connectivity index (χ1n) is 6.21. The van der Waals surface area contributed by atoms with Crippen molar-refractivity contribution in [2.45, 2.75) is 32.2 Å². The van der Waals surface area contributed by atoms with E-state index in [2.05, 4.69) is 28.3 Å². The smallest absolute Gasteiger partial charge is 0.116 e. The number of likely N-dealkylation sites (N-methyl/N-ethyl adjacent to an activating group) is 1. The molecule has 90 valence electrons. The van der Waals surface area contributed by atoms with E-state index in [0.29, 0.717) is 6.04 Å². The molecule has 3 nitrogen and oxygen atoms in total. The summed E-state index contributed by atoms with van der Waals surface area (Å²) in [6.45, 7) is 2.21. The van der Waals surface area contributed by atoms with Gasteiger partial charge in [-0.05, 0) is 19.5 Å². The molecular formula is C14H19N3. The summed E-state index contributed by atoms with van der Waals surface area (Å²) in [4.78, 5) is 8.72. The van der Waals surface area contributed by atoms with Crippen molar-refractivity contribution in [3.8, 4) is 0 Å². The van der Waals surface area contributed by atoms with Gasteiger partial charge >= 0.3 is 0 Å². The second kappa shape index (κ2) is 5.73. The Hall–Kier alpha value is -1.48. The van der Waals surface area contributed by atoms with Crippen LogP contribution < -0.4 is 5.32 Å². The number of nitrogens with zero attached hydrogens (tertiary/aromatic N) is 2. The second-order valence-electron chi connectivity index (χ2n) is 4.32. The number of fused-ring (bicyclic) bond motifs is 1. The molecule has 0 saturated carbocycles. The minimum absolute atomic E-state index is 0.498. The third-order valence-electron chi connectivity index (χ3n) is 3.11. The largest absolute Gasteiger partial charge is 0.317 e. The average molecular weight is 229 g/mol. The van der Waals surface area contributed by atoms with E-state index in [1.807, 2.05) is 25.2 Å². The van der Waals surface area contributed by atoms with E-state index in [9.17, 15) is 0 Å². The zero-order chi connectivity index (χ0) is 12.1. The molecule has 2 aromatic rings. The lowest BCUT2D eigenvalue weighted by molar-refractivity contribution is 0.510. The van der Waals surface area contributed by atoms with Gasteiger partial charge < -0.3 is 5.32 Å². The third kappa shape index (κ3) is 2.80. The number of aromatic nitrogens is 2. The van der Waals surface area contributed by atoms with Crippen LogP contribution in [0.2, 0.25) is 0 Å². The molecule has 1 heterocycles. The first kappa shape index (κ1) is 12.0. The summed E-state index contributed by atoms with van der Waals surface area (Å²) >= 11 is 0. The fraction of sp³-hybridized carbons (Fsp3) is 0.429. The average Bonchev–Trinajstić information content (AvgIpc) is 2.38. The van der Waals surface area contributed by atoms with Crippen LogP contribution in [0.3, 0.4) is 0 Å². The van der Waals surface area contributed by atoms with Gasteiger partial charge in [-0.15, -0.1) is 0 Å². The molecule has 0 aliphatic rings. The third-order valence-corrected chi connectivity index (χ3v) is 3.11. The Kier molecular flexibility index (Phi) is 4.04. The van der Waals surface area contributed by atoms with E-state index in [1.165, 1.54) is 18.2 Å². The molecule has 0 radical (unpaired) electrons. The maximum atomic E-state index is 4.43. The lowest BCUT2D eigenvalue weighted by atomic mass is 10.0. The Morgan fingerprint density at radius 3 is 2.82 bits per heavy atom. The summed E-state index contributed by atoms with van der Waals surface area (Å²) in [5.74, 6) is 0. The number of hydrogen-bond acceptors (Lipinski definition) is 3. The fourth-order valence-corrected chi connectivity index (χ4v) is 2.15. The predicted octanol–water partition coefficient (Wildman–Crippen LogP) is 2.56. The second-order valence-corrected chi connectivity index (χ2v) is 4.32. The number of rotatable bonds is 5. The molecule has 0 amide bonds. The standard InChI is InChI=1S/C14H19N3/c1-3-6-11(15-2)9-14-12-7-4-5-8-13(12)16-10-17-14/h4-5,7-8,10-11,15H,3,6,9H2,1-2H3. The van der Waals surface area contributed by atoms with Crippen LogP contribution in [0.1, 0.15) is 25.5 Å². The Balaban J connectivity index is 2.28. The summed E-state index contributed by atoms with van der Waals surface area (Å²) in [7, 11) is 2.02. The van der Waals surface area contributed by atoms with Gasteiger partial charge in [0.15, 0.2) is 0 Å². The first-order valence-corrected chi connectivity index (χ1v) is 6.21. The van der Waals surface area contributed by atoms with Gasteiger partial charge in [0, 0.05) is 17.8 Å². The Morgan fingerprint density at radius 1 is 1.24 bits per heavy atom. The minimum Gasteiger partial charge on any atom is -0.317 e. The van der Waals surface area contributed by atoms with Crippen LogP contribution in [0.5, 0.6) is 0 Å². The van der Waals surface area contributed by atoms with Crippen LogP contribution in [0.4, 0.5) is 0 Å². The maximum absolute atomic E-state index is 4.43. The number of nitrogens with one attached hydrogen (secondary N) is 1. The van der Waals surface area contributed by atoms with Crippen molar-refractivity contribution in [3.05, 3.63) is 36.3 Å². The van der Waals surface area contributed by atoms with Crippen LogP contribution >= 0.6 is 0 Å². The highest BCUT2D eigenvalue weighted by molar-refractivity contribution is 5.80. The molecule has 17 heavy (non-hydrogen) atoms. The number of benzene rings is 1. The topological polar surface area (TPSA) is 37.8 Å². The molecule has 0 aliphatic heterocycles. The minimum atomic E-state index is 0.498. The van der Waals surface area contributed by atoms with Crippen LogP contribution in [-0.2, 0) is 6.42 Å². The molecule has 1 atom stereocenters. The highest BCUT2D eigenvalue weighted by atomic mass is 14.9. The van der Waals surface area contributed by atoms with Crippen molar-refractivity contribution in [2.24, 2.45) is 0 Å². The molecule has 1 N–H and O–H groups in total. The van der Waals surface area contributed by atoms with Gasteiger partial charge in [0.1, 0.15) is 6.33 Å². The van der Waals surface area contributed by atoms with E-state index in [-0.39, 0.29) is 0 Å². The Labute approximate surface area is 102 Å². The summed E-state index contributed by atoms with van der Waals surface area (Å²) in [6, 6.07) is 8.70. The molecule has 0 fully saturated rings. The van der Waals surface area contributed by atoms with E-state index >= 15 is 0 Å². The molecule has 1 aromatic carbocycles. The van der Waals surface area contributed by atoms with Crippen LogP contribution in [0.15, 0.2) is 30.6 Å². The van der Waals surface area contributed by atoms with Gasteiger partial charge in [0.05, 0.1) is 11.2 Å². The van der Waals surface area contributed by atoms with Gasteiger partial charge in [-0.1, -0.05) is 31.5 Å². The molecule has 2 rings (SSSR count). The molecule has 1 unspecified atom stereocenters. The monoisotopic (exact) mass is 229 g/mol. The van der Waals surface area contributed by atoms with E-state index in [4.69, 9.17) is 0 Å². The van der Waals surface area contributed by atoms with Crippen LogP contribution in [0, 0.1) is 0 Å². The number of para-hydroxylation sites is 1. The predicted molar refractivity (Wildman–Crippen MR) is 71.0 cm³/mol. The summed E-state index contributed by atoms with van der Waals surface area (Å²) in [6.07, 6.45) is 4.99. The first-order chi connectivity index (χ1) is 8.35. The van der Waals surface area contributed by atoms with E-state index < -0.39 is 0 Å². The highest BCUT2D eigenvalue weighted by Gasteiger charge is 2.09. The quantitative estimate of drug-likeness (QED) is 0.856. The maximum Gasteiger partial charge on any atom is 0.116 e. The van der Waals surface area contributed by atoms with Gasteiger partial charge in [-0.25, -0.2) is 9.97 Å². The van der Waals surface area contributed by atoms with E-state index in [1.54, 1.807) is 6.33 Å². The van der Waals surface area contributed by atoms with Crippen molar-refractivity contribution >= 4 is 10.9 Å². The summed E-state index contributed by atoms with van der Waals surface area (Å²) in [5.41, 5.74) is 2.17. The van der Waals surface area contributed by atoms with Crippen molar-refractivity contribution < 1.29 is 0 Å². The molecule has 0 spiro atoms. The molecular weight excluding hydrogens is 210 g/mol. The van der Waals surface area contributed by atoms with Crippen molar-refractivity contribution in [3.63, 3.8) is 0 Å². The number of hydrogen-bond donors (Lipinski definition) is 1. The van der Waals surface area contributed by atoms with Crippen LogP contribution in [0.25, 0.3) is 10.9 Å². The zero-order valence-corrected chi connectivity index (χ0v) is 10.5. The van der Waals surface area contributed by atoms with Crippen molar-refractivity contribution in [1.29, 1.82) is 0 Å². The normalized spacial score (nSPS) is 12.8. The highest BCUT2D eigenvalue weighted by Crippen LogP contribution is 2.16.